The fourth-order valence-corrected chi connectivity index (χ4v) is 3.79. The van der Waals surface area contributed by atoms with Gasteiger partial charge in [-0.2, -0.15) is 8.42 Å². The number of rotatable bonds is 7. The standard InChI is InChI=1S/C15H21NO10S2/c17-7-10-12(19)13(20)14(21)15(25-10)27-11(16-26-28(22,23)24)6-9(18)8-4-2-1-3-5-8/h1-5,9-10,12-15,17-21H,6-7H2,(H,22,23,24)/b16-11+/t9-,10-,12-,13+,14-,15+/m1/s1. The molecule has 1 aliphatic rings. The van der Waals surface area contributed by atoms with Crippen molar-refractivity contribution in [3.05, 3.63) is 35.9 Å². The summed E-state index contributed by atoms with van der Waals surface area (Å²) in [4.78, 5) is 0. The van der Waals surface area contributed by atoms with Crippen LogP contribution in [0.1, 0.15) is 18.1 Å². The molecule has 13 heteroatoms. The molecule has 1 aromatic carbocycles. The van der Waals surface area contributed by atoms with E-state index < -0.39 is 53.0 Å². The van der Waals surface area contributed by atoms with Crippen molar-refractivity contribution in [1.29, 1.82) is 0 Å². The van der Waals surface area contributed by atoms with Crippen LogP contribution in [-0.2, 0) is 19.4 Å². The van der Waals surface area contributed by atoms with Crippen molar-refractivity contribution >= 4 is 27.2 Å². The average Bonchev–Trinajstić information content (AvgIpc) is 2.66. The van der Waals surface area contributed by atoms with Crippen LogP contribution in [0.4, 0.5) is 0 Å². The van der Waals surface area contributed by atoms with Gasteiger partial charge in [0.2, 0.25) is 0 Å². The minimum absolute atomic E-state index is 0.196. The number of aliphatic hydroxyl groups is 5. The Morgan fingerprint density at radius 1 is 1.18 bits per heavy atom. The zero-order valence-corrected chi connectivity index (χ0v) is 16.0. The van der Waals surface area contributed by atoms with Gasteiger partial charge in [0.1, 0.15) is 34.9 Å². The number of thioether (sulfide) groups is 1. The lowest BCUT2D eigenvalue weighted by Crippen LogP contribution is -2.57. The molecule has 0 amide bonds. The van der Waals surface area contributed by atoms with Crippen molar-refractivity contribution in [2.24, 2.45) is 5.16 Å². The minimum Gasteiger partial charge on any atom is -0.394 e. The van der Waals surface area contributed by atoms with Crippen LogP contribution < -0.4 is 0 Å². The first-order valence-electron chi connectivity index (χ1n) is 8.05. The summed E-state index contributed by atoms with van der Waals surface area (Å²) in [6.07, 6.45) is -7.43. The summed E-state index contributed by atoms with van der Waals surface area (Å²) in [5, 5.41) is 52.3. The van der Waals surface area contributed by atoms with Crippen molar-refractivity contribution in [3.8, 4) is 0 Å². The van der Waals surface area contributed by atoms with Crippen molar-refractivity contribution < 1.29 is 47.5 Å². The summed E-state index contributed by atoms with van der Waals surface area (Å²) in [6.45, 7) is -0.650. The van der Waals surface area contributed by atoms with Crippen LogP contribution in [0, 0.1) is 0 Å². The van der Waals surface area contributed by atoms with Gasteiger partial charge in [-0.05, 0) is 5.56 Å². The van der Waals surface area contributed by atoms with E-state index in [0.29, 0.717) is 17.3 Å². The summed E-state index contributed by atoms with van der Waals surface area (Å²) in [5.74, 6) is 0. The lowest BCUT2D eigenvalue weighted by atomic mass is 10.0. The number of aliphatic hydroxyl groups excluding tert-OH is 5. The third kappa shape index (κ3) is 6.37. The van der Waals surface area contributed by atoms with Crippen LogP contribution in [0.15, 0.2) is 35.5 Å². The van der Waals surface area contributed by atoms with Gasteiger partial charge in [0.05, 0.1) is 12.7 Å². The van der Waals surface area contributed by atoms with E-state index in [4.69, 9.17) is 9.29 Å². The maximum absolute atomic E-state index is 10.8. The molecule has 6 N–H and O–H groups in total. The summed E-state index contributed by atoms with van der Waals surface area (Å²) >= 11 is 0.597. The SMILES string of the molecule is O=S(=O)(O)O/N=C(\C[C@@H](O)c1ccccc1)S[C@@H]1O[C@H](CO)[C@@H](O)[C@H](O)[C@H]1O. The molecule has 6 atom stereocenters. The number of hydrogen-bond donors (Lipinski definition) is 6. The van der Waals surface area contributed by atoms with Crippen molar-refractivity contribution in [2.45, 2.75) is 42.4 Å². The average molecular weight is 439 g/mol. The topological polar surface area (TPSA) is 186 Å². The van der Waals surface area contributed by atoms with Gasteiger partial charge < -0.3 is 30.3 Å². The Labute approximate surface area is 165 Å². The smallest absolute Gasteiger partial charge is 0.394 e. The first-order chi connectivity index (χ1) is 13.1. The fourth-order valence-electron chi connectivity index (χ4n) is 2.45. The Kier molecular flexibility index (Phi) is 8.18. The van der Waals surface area contributed by atoms with Crippen molar-refractivity contribution in [1.82, 2.24) is 0 Å². The number of ether oxygens (including phenoxy) is 1. The van der Waals surface area contributed by atoms with Crippen LogP contribution in [0.25, 0.3) is 0 Å². The van der Waals surface area contributed by atoms with Gasteiger partial charge in [0.25, 0.3) is 0 Å². The van der Waals surface area contributed by atoms with Crippen molar-refractivity contribution in [3.63, 3.8) is 0 Å². The van der Waals surface area contributed by atoms with Crippen LogP contribution in [0.3, 0.4) is 0 Å². The molecule has 2 rings (SSSR count). The predicted molar refractivity (Wildman–Crippen MR) is 97.4 cm³/mol. The lowest BCUT2D eigenvalue weighted by Gasteiger charge is -2.39. The molecule has 0 saturated carbocycles. The van der Waals surface area contributed by atoms with Gasteiger partial charge in [-0.3, -0.25) is 4.55 Å². The van der Waals surface area contributed by atoms with Gasteiger partial charge in [-0.1, -0.05) is 47.2 Å². The second-order valence-corrected chi connectivity index (χ2v) is 8.11. The van der Waals surface area contributed by atoms with E-state index in [1.165, 1.54) is 0 Å². The largest absolute Gasteiger partial charge is 0.466 e. The van der Waals surface area contributed by atoms with Crippen LogP contribution in [0.5, 0.6) is 0 Å². The number of hydrogen-bond acceptors (Lipinski definition) is 11. The van der Waals surface area contributed by atoms with Gasteiger partial charge in [-0.25, -0.2) is 4.28 Å². The molecule has 0 aromatic heterocycles. The molecule has 28 heavy (non-hydrogen) atoms. The Morgan fingerprint density at radius 3 is 2.39 bits per heavy atom. The Morgan fingerprint density at radius 2 is 1.82 bits per heavy atom. The number of oxime groups is 1. The third-order valence-corrected chi connectivity index (χ3v) is 5.28. The molecule has 0 aliphatic carbocycles. The van der Waals surface area contributed by atoms with E-state index in [2.05, 4.69) is 9.44 Å². The molecule has 11 nitrogen and oxygen atoms in total. The molecule has 0 bridgehead atoms. The van der Waals surface area contributed by atoms with Gasteiger partial charge >= 0.3 is 10.4 Å². The summed E-state index contributed by atoms with van der Waals surface area (Å²) in [7, 11) is -4.92. The zero-order chi connectivity index (χ0) is 20.9. The van der Waals surface area contributed by atoms with Gasteiger partial charge in [-0.15, -0.1) is 0 Å². The first kappa shape index (κ1) is 23.0. The quantitative estimate of drug-likeness (QED) is 0.129. The number of nitrogens with zero attached hydrogens (tertiary/aromatic N) is 1. The van der Waals surface area contributed by atoms with Crippen LogP contribution in [-0.4, -0.2) is 80.0 Å². The van der Waals surface area contributed by atoms with Crippen molar-refractivity contribution in [2.75, 3.05) is 6.61 Å². The van der Waals surface area contributed by atoms with E-state index in [9.17, 15) is 34.0 Å². The molecule has 1 heterocycles. The molecule has 0 unspecified atom stereocenters. The summed E-state index contributed by atoms with van der Waals surface area (Å²) < 4.78 is 39.6. The molecule has 0 radical (unpaired) electrons. The third-order valence-electron chi connectivity index (χ3n) is 3.89. The summed E-state index contributed by atoms with van der Waals surface area (Å²) in [5.41, 5.74) is -0.793. The highest BCUT2D eigenvalue weighted by molar-refractivity contribution is 8.14. The molecule has 1 saturated heterocycles. The highest BCUT2D eigenvalue weighted by Gasteiger charge is 2.44. The Balaban J connectivity index is 2.19. The normalized spacial score (nSPS) is 30.1. The first-order valence-corrected chi connectivity index (χ1v) is 10.3. The van der Waals surface area contributed by atoms with Crippen LogP contribution in [0.2, 0.25) is 0 Å². The lowest BCUT2D eigenvalue weighted by molar-refractivity contribution is -0.205. The molecule has 1 aliphatic heterocycles. The number of benzene rings is 1. The monoisotopic (exact) mass is 439 g/mol. The van der Waals surface area contributed by atoms with E-state index in [0.717, 1.165) is 0 Å². The highest BCUT2D eigenvalue weighted by atomic mass is 32.3. The highest BCUT2D eigenvalue weighted by Crippen LogP contribution is 2.32. The predicted octanol–water partition coefficient (Wildman–Crippen LogP) is -1.22. The molecular formula is C15H21NO10S2. The molecule has 1 fully saturated rings. The zero-order valence-electron chi connectivity index (χ0n) is 14.3. The van der Waals surface area contributed by atoms with E-state index in [1.54, 1.807) is 30.3 Å². The molecular weight excluding hydrogens is 418 g/mol. The molecule has 1 aromatic rings. The molecule has 158 valence electrons. The van der Waals surface area contributed by atoms with Crippen LogP contribution >= 0.6 is 11.8 Å². The second kappa shape index (κ2) is 9.96. The maximum Gasteiger partial charge on any atom is 0.466 e. The van der Waals surface area contributed by atoms with E-state index in [1.807, 2.05) is 0 Å². The second-order valence-electron chi connectivity index (χ2n) is 5.93. The van der Waals surface area contributed by atoms with Gasteiger partial charge in [0.15, 0.2) is 0 Å². The molecule has 0 spiro atoms. The fraction of sp³-hybridized carbons (Fsp3) is 0.533. The maximum atomic E-state index is 10.8. The van der Waals surface area contributed by atoms with E-state index >= 15 is 0 Å². The van der Waals surface area contributed by atoms with E-state index in [-0.39, 0.29) is 11.5 Å². The summed E-state index contributed by atoms with van der Waals surface area (Å²) in [6, 6.07) is 8.31. The van der Waals surface area contributed by atoms with Gasteiger partial charge in [0, 0.05) is 6.42 Å². The minimum atomic E-state index is -4.92. The Hall–Kier alpha value is -1.29. The Bertz CT molecular complexity index is 757.